The predicted octanol–water partition coefficient (Wildman–Crippen LogP) is 3.76. The molecule has 0 atom stereocenters. The van der Waals surface area contributed by atoms with E-state index in [9.17, 15) is 4.79 Å². The van der Waals surface area contributed by atoms with Gasteiger partial charge in [0.05, 0.1) is 0 Å². The summed E-state index contributed by atoms with van der Waals surface area (Å²) in [6.45, 7) is 0.736. The Balaban J connectivity index is 1.70. The molecular formula is C18H21ClN2O. The fraction of sp³-hybridized carbons (Fsp3) is 0.333. The van der Waals surface area contributed by atoms with Crippen molar-refractivity contribution in [3.8, 4) is 0 Å². The number of aryl methyl sites for hydroxylation is 1. The second-order valence-electron chi connectivity index (χ2n) is 5.40. The van der Waals surface area contributed by atoms with Gasteiger partial charge in [0.1, 0.15) is 0 Å². The van der Waals surface area contributed by atoms with Gasteiger partial charge in [0, 0.05) is 37.4 Å². The number of likely N-dealkylation sites (N-methyl/N-ethyl adjacent to an activating group) is 1. The molecule has 0 radical (unpaired) electrons. The Labute approximate surface area is 136 Å². The van der Waals surface area contributed by atoms with Crippen molar-refractivity contribution in [3.05, 3.63) is 64.9 Å². The maximum Gasteiger partial charge on any atom is 0.222 e. The van der Waals surface area contributed by atoms with Crippen LogP contribution in [0.4, 0.5) is 0 Å². The Morgan fingerprint density at radius 3 is 2.64 bits per heavy atom. The minimum Gasteiger partial charge on any atom is -0.345 e. The Morgan fingerprint density at radius 1 is 1.14 bits per heavy atom. The highest BCUT2D eigenvalue weighted by Crippen LogP contribution is 2.13. The van der Waals surface area contributed by atoms with Crippen molar-refractivity contribution >= 4 is 17.5 Å². The fourth-order valence-electron chi connectivity index (χ4n) is 2.30. The Kier molecular flexibility index (Phi) is 6.41. The summed E-state index contributed by atoms with van der Waals surface area (Å²) < 4.78 is 0. The van der Waals surface area contributed by atoms with Gasteiger partial charge in [-0.25, -0.2) is 0 Å². The summed E-state index contributed by atoms with van der Waals surface area (Å²) in [6.07, 6.45) is 6.71. The van der Waals surface area contributed by atoms with Crippen molar-refractivity contribution in [1.82, 2.24) is 9.88 Å². The zero-order chi connectivity index (χ0) is 15.8. The molecule has 0 saturated carbocycles. The van der Waals surface area contributed by atoms with Gasteiger partial charge in [-0.05, 0) is 54.7 Å². The third-order valence-electron chi connectivity index (χ3n) is 3.66. The lowest BCUT2D eigenvalue weighted by Gasteiger charge is -2.17. The molecule has 116 valence electrons. The fourth-order valence-corrected chi connectivity index (χ4v) is 2.51. The molecule has 1 heterocycles. The highest BCUT2D eigenvalue weighted by atomic mass is 35.5. The highest BCUT2D eigenvalue weighted by molar-refractivity contribution is 6.30. The number of halogens is 1. The van der Waals surface area contributed by atoms with E-state index in [0.717, 1.165) is 30.8 Å². The van der Waals surface area contributed by atoms with E-state index in [4.69, 9.17) is 11.6 Å². The molecule has 3 nitrogen and oxygen atoms in total. The molecule has 22 heavy (non-hydrogen) atoms. The number of nitrogens with zero attached hydrogens (tertiary/aromatic N) is 2. The third-order valence-corrected chi connectivity index (χ3v) is 3.89. The Bertz CT molecular complexity index is 601. The summed E-state index contributed by atoms with van der Waals surface area (Å²) in [5, 5.41) is 0.748. The van der Waals surface area contributed by atoms with Crippen LogP contribution >= 0.6 is 11.6 Å². The second kappa shape index (κ2) is 8.54. The number of benzene rings is 1. The molecule has 0 aliphatic carbocycles. The number of carbonyl (C=O) groups excluding carboxylic acids is 1. The molecule has 0 aliphatic rings. The molecule has 0 N–H and O–H groups in total. The van der Waals surface area contributed by atoms with Gasteiger partial charge in [-0.1, -0.05) is 23.7 Å². The lowest BCUT2D eigenvalue weighted by atomic mass is 10.1. The van der Waals surface area contributed by atoms with Gasteiger partial charge >= 0.3 is 0 Å². The molecule has 2 aromatic rings. The van der Waals surface area contributed by atoms with Crippen molar-refractivity contribution < 1.29 is 4.79 Å². The molecule has 4 heteroatoms. The monoisotopic (exact) mass is 316 g/mol. The van der Waals surface area contributed by atoms with E-state index in [2.05, 4.69) is 4.98 Å². The van der Waals surface area contributed by atoms with Crippen molar-refractivity contribution in [2.75, 3.05) is 13.6 Å². The van der Waals surface area contributed by atoms with Gasteiger partial charge in [0.25, 0.3) is 0 Å². The highest BCUT2D eigenvalue weighted by Gasteiger charge is 2.08. The summed E-state index contributed by atoms with van der Waals surface area (Å²) in [5.74, 6) is 0.191. The molecular weight excluding hydrogens is 296 g/mol. The van der Waals surface area contributed by atoms with Crippen LogP contribution in [0.25, 0.3) is 0 Å². The lowest BCUT2D eigenvalue weighted by molar-refractivity contribution is -0.129. The zero-order valence-electron chi connectivity index (χ0n) is 12.8. The van der Waals surface area contributed by atoms with E-state index in [1.54, 1.807) is 17.3 Å². The third kappa shape index (κ3) is 5.49. The molecule has 0 spiro atoms. The molecule has 0 saturated heterocycles. The number of hydrogen-bond acceptors (Lipinski definition) is 2. The van der Waals surface area contributed by atoms with E-state index in [0.29, 0.717) is 6.42 Å². The summed E-state index contributed by atoms with van der Waals surface area (Å²) >= 11 is 5.96. The average molecular weight is 317 g/mol. The standard InChI is InChI=1S/C18H21ClN2O/c1-21(13-10-15-8-11-20-12-9-15)18(22)7-3-5-16-4-2-6-17(19)14-16/h2,4,6,8-9,11-12,14H,3,5,7,10,13H2,1H3. The van der Waals surface area contributed by atoms with Gasteiger partial charge in [0.2, 0.25) is 5.91 Å². The predicted molar refractivity (Wildman–Crippen MR) is 90.0 cm³/mol. The number of rotatable bonds is 7. The van der Waals surface area contributed by atoms with Crippen LogP contribution in [-0.4, -0.2) is 29.4 Å². The minimum absolute atomic E-state index is 0.191. The van der Waals surface area contributed by atoms with Gasteiger partial charge in [-0.3, -0.25) is 9.78 Å². The molecule has 0 aliphatic heterocycles. The summed E-state index contributed by atoms with van der Waals surface area (Å²) in [7, 11) is 1.86. The molecule has 0 unspecified atom stereocenters. The van der Waals surface area contributed by atoms with Crippen LogP contribution in [0.3, 0.4) is 0 Å². The summed E-state index contributed by atoms with van der Waals surface area (Å²) in [4.78, 5) is 17.9. The Hall–Kier alpha value is -1.87. The number of carbonyl (C=O) groups is 1. The zero-order valence-corrected chi connectivity index (χ0v) is 13.6. The number of hydrogen-bond donors (Lipinski definition) is 0. The summed E-state index contributed by atoms with van der Waals surface area (Å²) in [6, 6.07) is 11.8. The van der Waals surface area contributed by atoms with Crippen molar-refractivity contribution in [1.29, 1.82) is 0 Å². The first kappa shape index (κ1) is 16.5. The first-order chi connectivity index (χ1) is 10.6. The smallest absolute Gasteiger partial charge is 0.222 e. The van der Waals surface area contributed by atoms with Gasteiger partial charge in [-0.15, -0.1) is 0 Å². The lowest BCUT2D eigenvalue weighted by Crippen LogP contribution is -2.28. The maximum absolute atomic E-state index is 12.1. The van der Waals surface area contributed by atoms with Crippen LogP contribution in [0.2, 0.25) is 5.02 Å². The maximum atomic E-state index is 12.1. The van der Waals surface area contributed by atoms with Crippen molar-refractivity contribution in [2.24, 2.45) is 0 Å². The number of aromatic nitrogens is 1. The number of amides is 1. The van der Waals surface area contributed by atoms with Gasteiger partial charge in [0.15, 0.2) is 0 Å². The average Bonchev–Trinajstić information content (AvgIpc) is 2.53. The quantitative estimate of drug-likeness (QED) is 0.779. The van der Waals surface area contributed by atoms with Gasteiger partial charge < -0.3 is 4.90 Å². The molecule has 1 amide bonds. The van der Waals surface area contributed by atoms with E-state index in [1.807, 2.05) is 43.4 Å². The number of pyridine rings is 1. The van der Waals surface area contributed by atoms with Crippen LogP contribution in [-0.2, 0) is 17.6 Å². The summed E-state index contributed by atoms with van der Waals surface area (Å²) in [5.41, 5.74) is 2.38. The minimum atomic E-state index is 0.191. The molecule has 0 fully saturated rings. The van der Waals surface area contributed by atoms with E-state index >= 15 is 0 Å². The largest absolute Gasteiger partial charge is 0.345 e. The van der Waals surface area contributed by atoms with E-state index in [1.165, 1.54) is 11.1 Å². The van der Waals surface area contributed by atoms with E-state index in [-0.39, 0.29) is 5.91 Å². The molecule has 1 aromatic carbocycles. The van der Waals surface area contributed by atoms with Crippen LogP contribution < -0.4 is 0 Å². The first-order valence-corrected chi connectivity index (χ1v) is 7.90. The van der Waals surface area contributed by atoms with Crippen LogP contribution in [0.5, 0.6) is 0 Å². The van der Waals surface area contributed by atoms with Crippen LogP contribution in [0, 0.1) is 0 Å². The second-order valence-corrected chi connectivity index (χ2v) is 5.84. The molecule has 1 aromatic heterocycles. The van der Waals surface area contributed by atoms with E-state index < -0.39 is 0 Å². The van der Waals surface area contributed by atoms with Crippen LogP contribution in [0.15, 0.2) is 48.8 Å². The Morgan fingerprint density at radius 2 is 1.91 bits per heavy atom. The van der Waals surface area contributed by atoms with Gasteiger partial charge in [-0.2, -0.15) is 0 Å². The first-order valence-electron chi connectivity index (χ1n) is 7.52. The van der Waals surface area contributed by atoms with Crippen LogP contribution in [0.1, 0.15) is 24.0 Å². The normalized spacial score (nSPS) is 10.5. The van der Waals surface area contributed by atoms with Crippen molar-refractivity contribution in [2.45, 2.75) is 25.7 Å². The SMILES string of the molecule is CN(CCc1ccncc1)C(=O)CCCc1cccc(Cl)c1. The molecule has 2 rings (SSSR count). The van der Waals surface area contributed by atoms with Crippen molar-refractivity contribution in [3.63, 3.8) is 0 Å². The molecule has 0 bridgehead atoms. The topological polar surface area (TPSA) is 33.2 Å².